The fraction of sp³-hybridized carbons (Fsp3) is 0.500. The van der Waals surface area contributed by atoms with Crippen molar-refractivity contribution < 1.29 is 10.9 Å². The van der Waals surface area contributed by atoms with E-state index in [0.717, 1.165) is 38.0 Å². The summed E-state index contributed by atoms with van der Waals surface area (Å²) >= 11 is 0. The SMILES string of the molecule is [2H]C(c1cccc(CN2CCCC2)c1)N1CC(=O)Nc2c(N)nc(OCCCC)nc21. The lowest BCUT2D eigenvalue weighted by Crippen LogP contribution is -2.39. The van der Waals surface area contributed by atoms with Gasteiger partial charge in [0.05, 0.1) is 14.5 Å². The topological polar surface area (TPSA) is 96.6 Å². The minimum absolute atomic E-state index is 0.0162. The molecule has 0 spiro atoms. The van der Waals surface area contributed by atoms with Gasteiger partial charge in [-0.2, -0.15) is 9.97 Å². The van der Waals surface area contributed by atoms with Crippen molar-refractivity contribution in [3.8, 4) is 6.01 Å². The minimum atomic E-state index is -0.805. The number of unbranched alkanes of at least 4 members (excludes halogenated alkanes) is 1. The van der Waals surface area contributed by atoms with Gasteiger partial charge in [-0.25, -0.2) is 0 Å². The molecule has 1 atom stereocenters. The number of hydrogen-bond donors (Lipinski definition) is 2. The van der Waals surface area contributed by atoms with Gasteiger partial charge >= 0.3 is 6.01 Å². The van der Waals surface area contributed by atoms with E-state index < -0.39 is 6.52 Å². The Balaban J connectivity index is 1.60. The molecule has 2 aromatic rings. The summed E-state index contributed by atoms with van der Waals surface area (Å²) in [6, 6.07) is 8.19. The first-order chi connectivity index (χ1) is 15.0. The van der Waals surface area contributed by atoms with E-state index in [4.69, 9.17) is 11.8 Å². The Labute approximate surface area is 178 Å². The summed E-state index contributed by atoms with van der Waals surface area (Å²) in [5.74, 6) is 0.320. The van der Waals surface area contributed by atoms with Crippen LogP contribution < -0.4 is 20.7 Å². The number of nitrogen functional groups attached to an aromatic ring is 1. The number of fused-ring (bicyclic) bond motifs is 1. The lowest BCUT2D eigenvalue weighted by molar-refractivity contribution is -0.115. The van der Waals surface area contributed by atoms with Crippen molar-refractivity contribution in [2.24, 2.45) is 0 Å². The molecular formula is C22H30N6O2. The van der Waals surface area contributed by atoms with Gasteiger partial charge in [-0.1, -0.05) is 37.6 Å². The van der Waals surface area contributed by atoms with E-state index in [-0.39, 0.29) is 24.3 Å². The number of benzene rings is 1. The predicted octanol–water partition coefficient (Wildman–Crippen LogP) is 2.79. The van der Waals surface area contributed by atoms with E-state index in [9.17, 15) is 4.79 Å². The molecule has 0 bridgehead atoms. The summed E-state index contributed by atoms with van der Waals surface area (Å²) < 4.78 is 14.5. The Morgan fingerprint density at radius 2 is 2.07 bits per heavy atom. The molecule has 3 N–H and O–H groups in total. The molecule has 160 valence electrons. The van der Waals surface area contributed by atoms with Gasteiger partial charge in [0.25, 0.3) is 0 Å². The van der Waals surface area contributed by atoms with E-state index in [1.165, 1.54) is 18.4 Å². The summed E-state index contributed by atoms with van der Waals surface area (Å²) in [6.45, 7) is 4.89. The van der Waals surface area contributed by atoms with Gasteiger partial charge in [-0.15, -0.1) is 0 Å². The maximum Gasteiger partial charge on any atom is 0.320 e. The molecule has 0 saturated carbocycles. The van der Waals surface area contributed by atoms with Crippen LogP contribution in [0.4, 0.5) is 17.3 Å². The molecule has 2 aliphatic heterocycles. The van der Waals surface area contributed by atoms with Gasteiger partial charge in [-0.05, 0) is 43.5 Å². The summed E-state index contributed by atoms with van der Waals surface area (Å²) in [7, 11) is 0. The maximum absolute atomic E-state index is 12.3. The molecular weight excluding hydrogens is 380 g/mol. The second-order valence-electron chi connectivity index (χ2n) is 7.83. The van der Waals surface area contributed by atoms with Crippen LogP contribution in [0.15, 0.2) is 24.3 Å². The molecule has 1 aromatic carbocycles. The molecule has 1 saturated heterocycles. The number of hydrogen-bond acceptors (Lipinski definition) is 7. The molecule has 0 aliphatic carbocycles. The van der Waals surface area contributed by atoms with Gasteiger partial charge in [0.2, 0.25) is 5.91 Å². The van der Waals surface area contributed by atoms with E-state index in [1.807, 2.05) is 18.2 Å². The zero-order chi connectivity index (χ0) is 21.8. The Morgan fingerprint density at radius 1 is 1.27 bits per heavy atom. The number of carbonyl (C=O) groups excluding carboxylic acids is 1. The lowest BCUT2D eigenvalue weighted by Gasteiger charge is -2.30. The van der Waals surface area contributed by atoms with Crippen molar-refractivity contribution in [3.05, 3.63) is 35.4 Å². The van der Waals surface area contributed by atoms with Crippen LogP contribution >= 0.6 is 0 Å². The molecule has 1 unspecified atom stereocenters. The van der Waals surface area contributed by atoms with Crippen LogP contribution in [0.3, 0.4) is 0 Å². The average molecular weight is 412 g/mol. The average Bonchev–Trinajstić information content (AvgIpc) is 3.27. The fourth-order valence-electron chi connectivity index (χ4n) is 3.81. The lowest BCUT2D eigenvalue weighted by atomic mass is 10.1. The van der Waals surface area contributed by atoms with Gasteiger partial charge < -0.3 is 20.7 Å². The summed E-state index contributed by atoms with van der Waals surface area (Å²) in [5, 5.41) is 2.74. The molecule has 3 heterocycles. The third-order valence-electron chi connectivity index (χ3n) is 5.34. The molecule has 1 fully saturated rings. The van der Waals surface area contributed by atoms with Crippen molar-refractivity contribution in [3.63, 3.8) is 0 Å². The Kier molecular flexibility index (Phi) is 5.92. The van der Waals surface area contributed by atoms with Crippen molar-refractivity contribution >= 4 is 23.2 Å². The van der Waals surface area contributed by atoms with Crippen LogP contribution in [-0.2, 0) is 17.9 Å². The van der Waals surface area contributed by atoms with Gasteiger partial charge in [0.1, 0.15) is 5.69 Å². The highest BCUT2D eigenvalue weighted by Gasteiger charge is 2.27. The van der Waals surface area contributed by atoms with Gasteiger partial charge in [-0.3, -0.25) is 9.69 Å². The first-order valence-corrected chi connectivity index (χ1v) is 10.7. The van der Waals surface area contributed by atoms with E-state index in [1.54, 1.807) is 4.90 Å². The van der Waals surface area contributed by atoms with Gasteiger partial charge in [0.15, 0.2) is 11.6 Å². The Bertz CT molecular complexity index is 934. The number of amides is 1. The highest BCUT2D eigenvalue weighted by molar-refractivity contribution is 6.03. The molecule has 0 radical (unpaired) electrons. The van der Waals surface area contributed by atoms with Crippen LogP contribution in [0.2, 0.25) is 0 Å². The van der Waals surface area contributed by atoms with Crippen molar-refractivity contribution in [2.45, 2.75) is 45.7 Å². The van der Waals surface area contributed by atoms with E-state index in [2.05, 4.69) is 33.2 Å². The number of aromatic nitrogens is 2. The Morgan fingerprint density at radius 3 is 2.87 bits per heavy atom. The van der Waals surface area contributed by atoms with Crippen LogP contribution in [0.1, 0.15) is 45.1 Å². The quantitative estimate of drug-likeness (QED) is 0.645. The van der Waals surface area contributed by atoms with E-state index in [0.29, 0.717) is 18.1 Å². The minimum Gasteiger partial charge on any atom is -0.463 e. The molecule has 4 rings (SSSR count). The molecule has 1 aromatic heterocycles. The summed E-state index contributed by atoms with van der Waals surface area (Å²) in [4.78, 5) is 25.1. The smallest absolute Gasteiger partial charge is 0.320 e. The van der Waals surface area contributed by atoms with Crippen molar-refractivity contribution in [1.82, 2.24) is 14.9 Å². The fourth-order valence-corrected chi connectivity index (χ4v) is 3.81. The number of carbonyl (C=O) groups is 1. The first kappa shape index (κ1) is 19.1. The van der Waals surface area contributed by atoms with Crippen LogP contribution in [0, 0.1) is 0 Å². The van der Waals surface area contributed by atoms with Crippen LogP contribution in [-0.4, -0.2) is 47.0 Å². The normalized spacial score (nSPS) is 18.0. The van der Waals surface area contributed by atoms with Crippen molar-refractivity contribution in [2.75, 3.05) is 42.2 Å². The standard InChI is InChI=1S/C22H30N6O2/c1-2-3-11-30-22-25-20(23)19-21(26-22)28(15-18(29)24-19)14-17-8-6-7-16(12-17)13-27-9-4-5-10-27/h6-8,12H,2-5,9-11,13-15H2,1H3,(H,24,29)(H2,23,25,26)/i14D. The monoisotopic (exact) mass is 411 g/mol. The van der Waals surface area contributed by atoms with Crippen molar-refractivity contribution in [1.29, 1.82) is 0 Å². The number of nitrogens with two attached hydrogens (primary N) is 1. The number of nitrogens with one attached hydrogen (secondary N) is 1. The number of nitrogens with zero attached hydrogens (tertiary/aromatic N) is 4. The highest BCUT2D eigenvalue weighted by atomic mass is 16.5. The second kappa shape index (κ2) is 9.30. The predicted molar refractivity (Wildman–Crippen MR) is 117 cm³/mol. The second-order valence-corrected chi connectivity index (χ2v) is 7.83. The Hall–Kier alpha value is -2.87. The zero-order valence-corrected chi connectivity index (χ0v) is 17.4. The first-order valence-electron chi connectivity index (χ1n) is 11.2. The van der Waals surface area contributed by atoms with E-state index >= 15 is 0 Å². The molecule has 8 nitrogen and oxygen atoms in total. The third kappa shape index (κ3) is 4.81. The number of anilines is 3. The molecule has 30 heavy (non-hydrogen) atoms. The maximum atomic E-state index is 12.3. The number of rotatable bonds is 8. The molecule has 2 aliphatic rings. The summed E-state index contributed by atoms with van der Waals surface area (Å²) in [6.07, 6.45) is 4.35. The number of ether oxygens (including phenoxy) is 1. The number of likely N-dealkylation sites (tertiary alicyclic amines) is 1. The van der Waals surface area contributed by atoms with Crippen LogP contribution in [0.5, 0.6) is 6.01 Å². The van der Waals surface area contributed by atoms with Crippen LogP contribution in [0.25, 0.3) is 0 Å². The summed E-state index contributed by atoms with van der Waals surface area (Å²) in [5.41, 5.74) is 8.40. The zero-order valence-electron chi connectivity index (χ0n) is 18.4. The molecule has 8 heteroatoms. The molecule has 1 amide bonds. The van der Waals surface area contributed by atoms with Gasteiger partial charge in [0, 0.05) is 13.1 Å². The highest BCUT2D eigenvalue weighted by Crippen LogP contribution is 2.34. The largest absolute Gasteiger partial charge is 0.463 e. The third-order valence-corrected chi connectivity index (χ3v) is 5.34.